The fourth-order valence-corrected chi connectivity index (χ4v) is 1.65. The van der Waals surface area contributed by atoms with E-state index in [9.17, 15) is 4.79 Å². The van der Waals surface area contributed by atoms with Crippen molar-refractivity contribution in [2.24, 2.45) is 0 Å². The SMILES string of the molecule is C=CCc1ccccc1C(=O)OCCCCC. The van der Waals surface area contributed by atoms with E-state index in [-0.39, 0.29) is 5.97 Å². The van der Waals surface area contributed by atoms with Gasteiger partial charge in [-0.25, -0.2) is 4.79 Å². The predicted octanol–water partition coefficient (Wildman–Crippen LogP) is 3.76. The molecule has 1 rings (SSSR count). The van der Waals surface area contributed by atoms with Gasteiger partial charge in [-0.1, -0.05) is 44.0 Å². The van der Waals surface area contributed by atoms with Crippen LogP contribution in [0.1, 0.15) is 42.1 Å². The molecule has 0 aromatic heterocycles. The lowest BCUT2D eigenvalue weighted by Crippen LogP contribution is -2.09. The van der Waals surface area contributed by atoms with Crippen molar-refractivity contribution in [3.05, 3.63) is 48.0 Å². The summed E-state index contributed by atoms with van der Waals surface area (Å²) in [4.78, 5) is 11.8. The van der Waals surface area contributed by atoms with Gasteiger partial charge in [-0.2, -0.15) is 0 Å². The Labute approximate surface area is 103 Å². The highest BCUT2D eigenvalue weighted by molar-refractivity contribution is 5.91. The molecule has 0 spiro atoms. The monoisotopic (exact) mass is 232 g/mol. The van der Waals surface area contributed by atoms with Crippen molar-refractivity contribution >= 4 is 5.97 Å². The molecule has 0 fully saturated rings. The summed E-state index contributed by atoms with van der Waals surface area (Å²) in [6, 6.07) is 7.52. The summed E-state index contributed by atoms with van der Waals surface area (Å²) >= 11 is 0. The molecule has 1 aromatic rings. The summed E-state index contributed by atoms with van der Waals surface area (Å²) in [5.74, 6) is -0.224. The number of esters is 1. The summed E-state index contributed by atoms with van der Waals surface area (Å²) in [5, 5.41) is 0. The number of ether oxygens (including phenoxy) is 1. The maximum absolute atomic E-state index is 11.8. The van der Waals surface area contributed by atoms with Crippen LogP contribution in [0.5, 0.6) is 0 Å². The lowest BCUT2D eigenvalue weighted by Gasteiger charge is -2.08. The van der Waals surface area contributed by atoms with Gasteiger partial charge in [-0.05, 0) is 24.5 Å². The molecule has 0 N–H and O–H groups in total. The molecule has 0 aliphatic carbocycles. The molecule has 0 aliphatic heterocycles. The van der Waals surface area contributed by atoms with Crippen molar-refractivity contribution in [1.29, 1.82) is 0 Å². The number of carbonyl (C=O) groups is 1. The molecule has 17 heavy (non-hydrogen) atoms. The smallest absolute Gasteiger partial charge is 0.338 e. The van der Waals surface area contributed by atoms with Gasteiger partial charge in [0.2, 0.25) is 0 Å². The van der Waals surface area contributed by atoms with Crippen molar-refractivity contribution in [1.82, 2.24) is 0 Å². The van der Waals surface area contributed by atoms with E-state index in [1.807, 2.05) is 18.2 Å². The van der Waals surface area contributed by atoms with E-state index in [2.05, 4.69) is 13.5 Å². The minimum absolute atomic E-state index is 0.224. The summed E-state index contributed by atoms with van der Waals surface area (Å²) in [7, 11) is 0. The van der Waals surface area contributed by atoms with Gasteiger partial charge in [0.1, 0.15) is 0 Å². The minimum Gasteiger partial charge on any atom is -0.462 e. The maximum atomic E-state index is 11.8. The van der Waals surface area contributed by atoms with E-state index in [0.29, 0.717) is 18.6 Å². The Morgan fingerprint density at radius 3 is 2.82 bits per heavy atom. The Morgan fingerprint density at radius 2 is 2.12 bits per heavy atom. The fraction of sp³-hybridized carbons (Fsp3) is 0.400. The van der Waals surface area contributed by atoms with Crippen LogP contribution in [0, 0.1) is 0 Å². The van der Waals surface area contributed by atoms with E-state index < -0.39 is 0 Å². The van der Waals surface area contributed by atoms with E-state index in [1.165, 1.54) is 0 Å². The van der Waals surface area contributed by atoms with Gasteiger partial charge >= 0.3 is 5.97 Å². The second-order valence-electron chi connectivity index (χ2n) is 3.99. The Morgan fingerprint density at radius 1 is 1.35 bits per heavy atom. The Kier molecular flexibility index (Phi) is 6.08. The van der Waals surface area contributed by atoms with Crippen LogP contribution in [0.3, 0.4) is 0 Å². The molecule has 0 bridgehead atoms. The van der Waals surface area contributed by atoms with Crippen LogP contribution in [0.15, 0.2) is 36.9 Å². The zero-order valence-electron chi connectivity index (χ0n) is 10.4. The van der Waals surface area contributed by atoms with E-state index in [0.717, 1.165) is 24.8 Å². The molecule has 0 atom stereocenters. The number of hydrogen-bond donors (Lipinski definition) is 0. The first-order valence-corrected chi connectivity index (χ1v) is 6.15. The Hall–Kier alpha value is -1.57. The maximum Gasteiger partial charge on any atom is 0.338 e. The quantitative estimate of drug-likeness (QED) is 0.406. The molecule has 0 heterocycles. The summed E-state index contributed by atoms with van der Waals surface area (Å²) in [6.45, 7) is 6.33. The van der Waals surface area contributed by atoms with Crippen LogP contribution < -0.4 is 0 Å². The number of hydrogen-bond acceptors (Lipinski definition) is 2. The van der Waals surface area contributed by atoms with Crippen LogP contribution in [-0.2, 0) is 11.2 Å². The van der Waals surface area contributed by atoms with Gasteiger partial charge < -0.3 is 4.74 Å². The first-order chi connectivity index (χ1) is 8.29. The molecule has 0 saturated carbocycles. The number of allylic oxidation sites excluding steroid dienone is 1. The molecule has 92 valence electrons. The standard InChI is InChI=1S/C15H20O2/c1-3-5-8-12-17-15(16)14-11-7-6-10-13(14)9-4-2/h4,6-7,10-11H,2-3,5,8-9,12H2,1H3. The zero-order chi connectivity index (χ0) is 12.5. The molecule has 0 aliphatic rings. The third kappa shape index (κ3) is 4.43. The molecule has 1 aromatic carbocycles. The fourth-order valence-electron chi connectivity index (χ4n) is 1.65. The average molecular weight is 232 g/mol. The molecular formula is C15H20O2. The van der Waals surface area contributed by atoms with Crippen LogP contribution >= 0.6 is 0 Å². The number of benzene rings is 1. The van der Waals surface area contributed by atoms with Crippen molar-refractivity contribution in [3.8, 4) is 0 Å². The molecule has 2 nitrogen and oxygen atoms in total. The van der Waals surface area contributed by atoms with Gasteiger partial charge in [-0.15, -0.1) is 6.58 Å². The highest BCUT2D eigenvalue weighted by atomic mass is 16.5. The lowest BCUT2D eigenvalue weighted by atomic mass is 10.0. The number of unbranched alkanes of at least 4 members (excludes halogenated alkanes) is 2. The molecule has 0 unspecified atom stereocenters. The summed E-state index contributed by atoms with van der Waals surface area (Å²) in [5.41, 5.74) is 1.63. The van der Waals surface area contributed by atoms with Gasteiger partial charge in [0.25, 0.3) is 0 Å². The zero-order valence-corrected chi connectivity index (χ0v) is 10.4. The van der Waals surface area contributed by atoms with Crippen LogP contribution in [0.4, 0.5) is 0 Å². The summed E-state index contributed by atoms with van der Waals surface area (Å²) < 4.78 is 5.24. The van der Waals surface area contributed by atoms with Crippen molar-refractivity contribution in [3.63, 3.8) is 0 Å². The predicted molar refractivity (Wildman–Crippen MR) is 70.2 cm³/mol. The molecule has 0 radical (unpaired) electrons. The first-order valence-electron chi connectivity index (χ1n) is 6.15. The first kappa shape index (κ1) is 13.5. The Balaban J connectivity index is 2.58. The largest absolute Gasteiger partial charge is 0.462 e. The highest BCUT2D eigenvalue weighted by Gasteiger charge is 2.10. The van der Waals surface area contributed by atoms with Gasteiger partial charge in [-0.3, -0.25) is 0 Å². The van der Waals surface area contributed by atoms with Crippen molar-refractivity contribution in [2.45, 2.75) is 32.6 Å². The Bertz CT molecular complexity index is 369. The highest BCUT2D eigenvalue weighted by Crippen LogP contribution is 2.11. The molecule has 2 heteroatoms. The third-order valence-electron chi connectivity index (χ3n) is 2.58. The molecular weight excluding hydrogens is 212 g/mol. The van der Waals surface area contributed by atoms with Crippen LogP contribution in [-0.4, -0.2) is 12.6 Å². The second-order valence-corrected chi connectivity index (χ2v) is 3.99. The minimum atomic E-state index is -0.224. The lowest BCUT2D eigenvalue weighted by molar-refractivity contribution is 0.0497. The van der Waals surface area contributed by atoms with Crippen LogP contribution in [0.25, 0.3) is 0 Å². The average Bonchev–Trinajstić information content (AvgIpc) is 2.35. The summed E-state index contributed by atoms with van der Waals surface area (Å²) in [6.07, 6.45) is 5.65. The van der Waals surface area contributed by atoms with Crippen molar-refractivity contribution in [2.75, 3.05) is 6.61 Å². The van der Waals surface area contributed by atoms with Gasteiger partial charge in [0.05, 0.1) is 12.2 Å². The van der Waals surface area contributed by atoms with Crippen molar-refractivity contribution < 1.29 is 9.53 Å². The third-order valence-corrected chi connectivity index (χ3v) is 2.58. The van der Waals surface area contributed by atoms with E-state index in [4.69, 9.17) is 4.74 Å². The topological polar surface area (TPSA) is 26.3 Å². The molecule has 0 saturated heterocycles. The number of carbonyl (C=O) groups excluding carboxylic acids is 1. The van der Waals surface area contributed by atoms with E-state index in [1.54, 1.807) is 12.1 Å². The normalized spacial score (nSPS) is 9.94. The van der Waals surface area contributed by atoms with E-state index >= 15 is 0 Å². The van der Waals surface area contributed by atoms with Gasteiger partial charge in [0, 0.05) is 0 Å². The molecule has 0 amide bonds. The van der Waals surface area contributed by atoms with Gasteiger partial charge in [0.15, 0.2) is 0 Å². The van der Waals surface area contributed by atoms with Crippen LogP contribution in [0.2, 0.25) is 0 Å². The second kappa shape index (κ2) is 7.66. The number of rotatable bonds is 7.